The molecule has 0 radical (unpaired) electrons. The maximum absolute atomic E-state index is 11.5. The van der Waals surface area contributed by atoms with E-state index in [0.717, 1.165) is 54.7 Å². The van der Waals surface area contributed by atoms with Crippen LogP contribution in [-0.4, -0.2) is 57.6 Å². The van der Waals surface area contributed by atoms with Crippen molar-refractivity contribution < 1.29 is 14.3 Å². The highest BCUT2D eigenvalue weighted by atomic mass is 35.5. The number of aromatic nitrogens is 5. The minimum atomic E-state index is 0.124. The van der Waals surface area contributed by atoms with Crippen LogP contribution < -0.4 is 20.1 Å². The van der Waals surface area contributed by atoms with Crippen molar-refractivity contribution in [2.24, 2.45) is 0 Å². The van der Waals surface area contributed by atoms with E-state index in [-0.39, 0.29) is 11.9 Å². The van der Waals surface area contributed by atoms with Crippen LogP contribution in [0.25, 0.3) is 33.6 Å². The summed E-state index contributed by atoms with van der Waals surface area (Å²) in [6, 6.07) is 17.6. The van der Waals surface area contributed by atoms with E-state index in [2.05, 4.69) is 25.6 Å². The minimum Gasteiger partial charge on any atom is -0.480 e. The molecule has 12 heteroatoms. The van der Waals surface area contributed by atoms with Crippen molar-refractivity contribution in [3.63, 3.8) is 0 Å². The first-order valence-corrected chi connectivity index (χ1v) is 17.0. The van der Waals surface area contributed by atoms with Gasteiger partial charge in [-0.15, -0.1) is 0 Å². The van der Waals surface area contributed by atoms with Crippen LogP contribution in [-0.2, 0) is 24.2 Å². The van der Waals surface area contributed by atoms with E-state index in [1.165, 1.54) is 0 Å². The molecule has 1 fully saturated rings. The zero-order chi connectivity index (χ0) is 34.2. The number of benzene rings is 2. The van der Waals surface area contributed by atoms with Crippen LogP contribution >= 0.6 is 23.2 Å². The third-order valence-corrected chi connectivity index (χ3v) is 9.29. The number of ether oxygens (including phenoxy) is 2. The minimum absolute atomic E-state index is 0.124. The van der Waals surface area contributed by atoms with Crippen molar-refractivity contribution in [3.8, 4) is 45.4 Å². The van der Waals surface area contributed by atoms with Gasteiger partial charge in [0.05, 0.1) is 48.0 Å². The lowest BCUT2D eigenvalue weighted by Crippen LogP contribution is -2.25. The van der Waals surface area contributed by atoms with Gasteiger partial charge in [-0.1, -0.05) is 65.7 Å². The fourth-order valence-electron chi connectivity index (χ4n) is 5.93. The van der Waals surface area contributed by atoms with E-state index >= 15 is 0 Å². The van der Waals surface area contributed by atoms with Crippen LogP contribution in [0.5, 0.6) is 11.8 Å². The molecule has 3 aromatic heterocycles. The molecule has 2 aromatic carbocycles. The van der Waals surface area contributed by atoms with Gasteiger partial charge in [0.2, 0.25) is 17.7 Å². The highest BCUT2D eigenvalue weighted by Gasteiger charge is 2.22. The standard InChI is InChI=1S/C37H37Cl2N7O3/c1-48-36-29(14-5-9-24-15-16-33(47)44-24)42-21-30(45-36)27-12-6-10-25(34(27)38)26-11-7-13-28(35(26)39)31-22-43-32(37(46-31)49-2)20-40-19-17-23-8-3-4-18-41-23/h3-4,6-8,10-13,18,21-22,24,40H,5,9,14-17,19-20H2,1-2H3,(H,44,47)/t24-/m1/s1. The second kappa shape index (κ2) is 16.2. The Morgan fingerprint density at radius 1 is 0.796 bits per heavy atom. The molecule has 6 rings (SSSR count). The fourth-order valence-corrected chi connectivity index (χ4v) is 6.58. The quantitative estimate of drug-likeness (QED) is 0.119. The van der Waals surface area contributed by atoms with Crippen LogP contribution in [0.15, 0.2) is 73.2 Å². The average Bonchev–Trinajstić information content (AvgIpc) is 3.55. The summed E-state index contributed by atoms with van der Waals surface area (Å²) in [5.74, 6) is 0.998. The van der Waals surface area contributed by atoms with E-state index in [9.17, 15) is 4.79 Å². The molecule has 1 amide bonds. The molecular weight excluding hydrogens is 661 g/mol. The van der Waals surface area contributed by atoms with Crippen LogP contribution in [0.2, 0.25) is 10.0 Å². The van der Waals surface area contributed by atoms with Crippen molar-refractivity contribution in [2.45, 2.75) is 51.1 Å². The number of aryl methyl sites for hydroxylation is 1. The number of nitrogens with zero attached hydrogens (tertiary/aromatic N) is 5. The molecule has 0 bridgehead atoms. The fraction of sp³-hybridized carbons (Fsp3) is 0.297. The predicted octanol–water partition coefficient (Wildman–Crippen LogP) is 6.92. The Balaban J connectivity index is 1.19. The smallest absolute Gasteiger partial charge is 0.237 e. The molecule has 1 saturated heterocycles. The number of carbonyl (C=O) groups excluding carboxylic acids is 1. The van der Waals surface area contributed by atoms with Gasteiger partial charge in [0.15, 0.2) is 0 Å². The molecule has 1 aliphatic rings. The van der Waals surface area contributed by atoms with E-state index < -0.39 is 0 Å². The summed E-state index contributed by atoms with van der Waals surface area (Å²) >= 11 is 14.1. The third kappa shape index (κ3) is 8.16. The van der Waals surface area contributed by atoms with Gasteiger partial charge in [-0.25, -0.2) is 9.97 Å². The number of carbonyl (C=O) groups is 1. The largest absolute Gasteiger partial charge is 0.480 e. The summed E-state index contributed by atoms with van der Waals surface area (Å²) in [5, 5.41) is 7.37. The SMILES string of the molecule is COc1nc(-c2cccc(-c3cccc(-c4cnc(CNCCc5ccccn5)c(OC)n4)c3Cl)c2Cl)cnc1CCC[C@@H]1CCC(=O)N1. The highest BCUT2D eigenvalue weighted by molar-refractivity contribution is 6.39. The van der Waals surface area contributed by atoms with Gasteiger partial charge in [0.25, 0.3) is 0 Å². The summed E-state index contributed by atoms with van der Waals surface area (Å²) in [6.45, 7) is 1.23. The first kappa shape index (κ1) is 34.2. The normalized spacial score (nSPS) is 14.1. The molecule has 0 spiro atoms. The van der Waals surface area contributed by atoms with Crippen LogP contribution in [0.4, 0.5) is 0 Å². The summed E-state index contributed by atoms with van der Waals surface area (Å²) in [4.78, 5) is 34.7. The number of amides is 1. The van der Waals surface area contributed by atoms with Crippen molar-refractivity contribution in [3.05, 3.63) is 100 Å². The van der Waals surface area contributed by atoms with E-state index in [0.29, 0.717) is 69.4 Å². The lowest BCUT2D eigenvalue weighted by molar-refractivity contribution is -0.119. The number of rotatable bonds is 14. The zero-order valence-electron chi connectivity index (χ0n) is 27.4. The Hall–Kier alpha value is -4.64. The third-order valence-electron chi connectivity index (χ3n) is 8.48. The van der Waals surface area contributed by atoms with E-state index in [1.807, 2.05) is 54.6 Å². The molecule has 1 atom stereocenters. The van der Waals surface area contributed by atoms with Gasteiger partial charge in [-0.2, -0.15) is 0 Å². The molecule has 1 aliphatic heterocycles. The lowest BCUT2D eigenvalue weighted by atomic mass is 9.98. The number of pyridine rings is 1. The number of nitrogens with one attached hydrogen (secondary N) is 2. The molecule has 5 aromatic rings. The summed E-state index contributed by atoms with van der Waals surface area (Å²) in [7, 11) is 3.17. The van der Waals surface area contributed by atoms with Gasteiger partial charge in [0.1, 0.15) is 11.4 Å². The monoisotopic (exact) mass is 697 g/mol. The second-order valence-corrected chi connectivity index (χ2v) is 12.5. The van der Waals surface area contributed by atoms with Gasteiger partial charge >= 0.3 is 0 Å². The Bertz CT molecular complexity index is 1930. The molecule has 4 heterocycles. The topological polar surface area (TPSA) is 124 Å². The van der Waals surface area contributed by atoms with Gasteiger partial charge in [-0.3, -0.25) is 19.7 Å². The van der Waals surface area contributed by atoms with Crippen molar-refractivity contribution in [1.82, 2.24) is 35.6 Å². The first-order valence-electron chi connectivity index (χ1n) is 16.2. The van der Waals surface area contributed by atoms with Gasteiger partial charge in [0, 0.05) is 66.1 Å². The summed E-state index contributed by atoms with van der Waals surface area (Å²) < 4.78 is 11.2. The Morgan fingerprint density at radius 3 is 2.02 bits per heavy atom. The Labute approximate surface area is 295 Å². The van der Waals surface area contributed by atoms with Crippen molar-refractivity contribution >= 4 is 29.1 Å². The van der Waals surface area contributed by atoms with E-state index in [1.54, 1.807) is 32.8 Å². The maximum Gasteiger partial charge on any atom is 0.237 e. The summed E-state index contributed by atoms with van der Waals surface area (Å²) in [6.07, 6.45) is 9.93. The van der Waals surface area contributed by atoms with E-state index in [4.69, 9.17) is 42.6 Å². The maximum atomic E-state index is 11.5. The number of hydrogen-bond acceptors (Lipinski definition) is 9. The lowest BCUT2D eigenvalue weighted by Gasteiger charge is -2.15. The van der Waals surface area contributed by atoms with Crippen LogP contribution in [0, 0.1) is 0 Å². The van der Waals surface area contributed by atoms with Crippen molar-refractivity contribution in [2.75, 3.05) is 20.8 Å². The zero-order valence-corrected chi connectivity index (χ0v) is 28.9. The number of methoxy groups -OCH3 is 2. The second-order valence-electron chi connectivity index (χ2n) is 11.7. The van der Waals surface area contributed by atoms with Gasteiger partial charge < -0.3 is 20.1 Å². The van der Waals surface area contributed by atoms with Crippen LogP contribution in [0.3, 0.4) is 0 Å². The Kier molecular flexibility index (Phi) is 11.3. The van der Waals surface area contributed by atoms with Crippen molar-refractivity contribution in [1.29, 1.82) is 0 Å². The highest BCUT2D eigenvalue weighted by Crippen LogP contribution is 2.42. The molecule has 2 N–H and O–H groups in total. The molecule has 0 aliphatic carbocycles. The molecular formula is C37H37Cl2N7O3. The summed E-state index contributed by atoms with van der Waals surface area (Å²) in [5.41, 5.74) is 6.52. The first-order chi connectivity index (χ1) is 23.9. The molecule has 0 unspecified atom stereocenters. The van der Waals surface area contributed by atoms with Gasteiger partial charge in [-0.05, 0) is 37.8 Å². The number of halogens is 2. The molecule has 252 valence electrons. The molecule has 10 nitrogen and oxygen atoms in total. The number of hydrogen-bond donors (Lipinski definition) is 2. The van der Waals surface area contributed by atoms with Crippen LogP contribution in [0.1, 0.15) is 42.8 Å². The average molecular weight is 699 g/mol. The molecule has 0 saturated carbocycles. The predicted molar refractivity (Wildman–Crippen MR) is 191 cm³/mol. The Morgan fingerprint density at radius 2 is 1.43 bits per heavy atom. The molecule has 49 heavy (non-hydrogen) atoms.